The van der Waals surface area contributed by atoms with Crippen LogP contribution < -0.4 is 0 Å². The topological polar surface area (TPSA) is 4.93 Å². The number of benzene rings is 1. The van der Waals surface area contributed by atoms with Gasteiger partial charge in [-0.2, -0.15) is 22.7 Å². The highest BCUT2D eigenvalue weighted by Gasteiger charge is 2.11. The molecule has 1 nitrogen and oxygen atoms in total. The third kappa shape index (κ3) is 2.32. The second kappa shape index (κ2) is 5.59. The summed E-state index contributed by atoms with van der Waals surface area (Å²) in [5.74, 6) is 0. The molecule has 0 bridgehead atoms. The van der Waals surface area contributed by atoms with Crippen molar-refractivity contribution in [1.82, 2.24) is 4.57 Å². The van der Waals surface area contributed by atoms with E-state index in [1.165, 1.54) is 33.3 Å². The molecule has 0 N–H and O–H groups in total. The van der Waals surface area contributed by atoms with Gasteiger partial charge in [0.1, 0.15) is 0 Å². The van der Waals surface area contributed by atoms with Gasteiger partial charge < -0.3 is 4.57 Å². The van der Waals surface area contributed by atoms with Crippen LogP contribution in [0.1, 0.15) is 16.7 Å². The summed E-state index contributed by atoms with van der Waals surface area (Å²) in [7, 11) is 0. The highest BCUT2D eigenvalue weighted by molar-refractivity contribution is 7.08. The second-order valence-corrected chi connectivity index (χ2v) is 6.86. The normalized spacial score (nSPS) is 12.1. The summed E-state index contributed by atoms with van der Waals surface area (Å²) in [4.78, 5) is 0. The van der Waals surface area contributed by atoms with Gasteiger partial charge in [0.25, 0.3) is 0 Å². The van der Waals surface area contributed by atoms with Gasteiger partial charge in [0, 0.05) is 22.5 Å². The van der Waals surface area contributed by atoms with Gasteiger partial charge in [-0.1, -0.05) is 18.2 Å². The van der Waals surface area contributed by atoms with Gasteiger partial charge >= 0.3 is 0 Å². The summed E-state index contributed by atoms with van der Waals surface area (Å²) in [6.45, 7) is 2.18. The predicted octanol–water partition coefficient (Wildman–Crippen LogP) is 6.12. The molecular weight excluding hydrogens is 306 g/mol. The van der Waals surface area contributed by atoms with Crippen molar-refractivity contribution in [1.29, 1.82) is 0 Å². The molecule has 0 saturated heterocycles. The van der Waals surface area contributed by atoms with Gasteiger partial charge in [-0.15, -0.1) is 0 Å². The molecule has 0 aliphatic rings. The molecule has 0 saturated carbocycles. The van der Waals surface area contributed by atoms with Crippen LogP contribution in [0.15, 0.2) is 64.1 Å². The average Bonchev–Trinajstić information content (AvgIpc) is 3.27. The van der Waals surface area contributed by atoms with E-state index in [4.69, 9.17) is 0 Å². The Morgan fingerprint density at radius 1 is 1.00 bits per heavy atom. The zero-order valence-corrected chi connectivity index (χ0v) is 13.8. The maximum Gasteiger partial charge on any atom is 0.0542 e. The molecule has 0 radical (unpaired) electrons. The fraction of sp³-hybridized carbons (Fsp3) is 0.0526. The largest absolute Gasteiger partial charge is 0.316 e. The van der Waals surface area contributed by atoms with E-state index < -0.39 is 0 Å². The highest BCUT2D eigenvalue weighted by Crippen LogP contribution is 2.30. The molecule has 0 spiro atoms. The van der Waals surface area contributed by atoms with Gasteiger partial charge in [0.05, 0.1) is 11.2 Å². The number of hydrogen-bond donors (Lipinski definition) is 0. The lowest BCUT2D eigenvalue weighted by Gasteiger charge is -2.09. The number of nitrogens with zero attached hydrogens (tertiary/aromatic N) is 1. The number of aromatic nitrogens is 1. The van der Waals surface area contributed by atoms with Crippen LogP contribution in [0.4, 0.5) is 0 Å². The van der Waals surface area contributed by atoms with Crippen molar-refractivity contribution < 1.29 is 0 Å². The second-order valence-electron chi connectivity index (χ2n) is 5.30. The third-order valence-electron chi connectivity index (χ3n) is 3.83. The Labute approximate surface area is 137 Å². The van der Waals surface area contributed by atoms with Gasteiger partial charge in [-0.3, -0.25) is 0 Å². The van der Waals surface area contributed by atoms with Crippen molar-refractivity contribution in [3.05, 3.63) is 80.8 Å². The molecule has 22 heavy (non-hydrogen) atoms. The van der Waals surface area contributed by atoms with Crippen LogP contribution in [-0.4, -0.2) is 4.57 Å². The van der Waals surface area contributed by atoms with Crippen molar-refractivity contribution in [3.8, 4) is 0 Å². The lowest BCUT2D eigenvalue weighted by Crippen LogP contribution is -1.96. The van der Waals surface area contributed by atoms with E-state index in [9.17, 15) is 0 Å². The lowest BCUT2D eigenvalue weighted by atomic mass is 10.1. The molecule has 3 aromatic heterocycles. The Hall–Kier alpha value is -2.10. The van der Waals surface area contributed by atoms with E-state index in [1.54, 1.807) is 22.7 Å². The Kier molecular flexibility index (Phi) is 3.45. The lowest BCUT2D eigenvalue weighted by molar-refractivity contribution is 1.16. The molecule has 4 rings (SSSR count). The zero-order valence-electron chi connectivity index (χ0n) is 12.2. The summed E-state index contributed by atoms with van der Waals surface area (Å²) >= 11 is 3.47. The third-order valence-corrected chi connectivity index (χ3v) is 5.22. The number of thiophene rings is 2. The first-order valence-corrected chi connectivity index (χ1v) is 9.05. The van der Waals surface area contributed by atoms with E-state index in [0.717, 1.165) is 0 Å². The Morgan fingerprint density at radius 2 is 1.82 bits per heavy atom. The van der Waals surface area contributed by atoms with E-state index in [0.29, 0.717) is 0 Å². The molecule has 108 valence electrons. The summed E-state index contributed by atoms with van der Waals surface area (Å²) in [5, 5.41) is 9.97. The molecule has 0 unspecified atom stereocenters. The minimum absolute atomic E-state index is 1.23. The fourth-order valence-electron chi connectivity index (χ4n) is 2.77. The van der Waals surface area contributed by atoms with Crippen LogP contribution in [0.3, 0.4) is 0 Å². The van der Waals surface area contributed by atoms with E-state index >= 15 is 0 Å². The molecule has 0 aliphatic carbocycles. The van der Waals surface area contributed by atoms with Crippen LogP contribution in [-0.2, 0) is 0 Å². The molecular formula is C19H15NS2. The van der Waals surface area contributed by atoms with Gasteiger partial charge in [0.15, 0.2) is 0 Å². The van der Waals surface area contributed by atoms with Crippen molar-refractivity contribution in [2.45, 2.75) is 6.92 Å². The van der Waals surface area contributed by atoms with Crippen LogP contribution in [0, 0.1) is 6.92 Å². The van der Waals surface area contributed by atoms with E-state index in [2.05, 4.69) is 81.7 Å². The molecule has 1 aromatic carbocycles. The first-order valence-electron chi connectivity index (χ1n) is 7.16. The molecule has 0 atom stereocenters. The number of rotatable bonds is 3. The first-order chi connectivity index (χ1) is 10.8. The van der Waals surface area contributed by atoms with E-state index in [-0.39, 0.29) is 0 Å². The summed E-state index contributed by atoms with van der Waals surface area (Å²) in [6, 6.07) is 12.9. The molecule has 0 amide bonds. The highest BCUT2D eigenvalue weighted by atomic mass is 32.1. The Bertz CT molecular complexity index is 925. The minimum atomic E-state index is 1.23. The Balaban J connectivity index is 1.98. The van der Waals surface area contributed by atoms with Gasteiger partial charge in [0.2, 0.25) is 0 Å². The molecule has 3 heterocycles. The summed E-state index contributed by atoms with van der Waals surface area (Å²) < 4.78 is 2.31. The SMILES string of the molecule is Cc1cn(/C(=C\c2ccsc2)c2ccsc2)c2ccccc12. The summed E-state index contributed by atoms with van der Waals surface area (Å²) in [5.41, 5.74) is 6.30. The number of fused-ring (bicyclic) bond motifs is 1. The van der Waals surface area contributed by atoms with Crippen LogP contribution in [0.5, 0.6) is 0 Å². The van der Waals surface area contributed by atoms with Gasteiger partial charge in [-0.05, 0) is 58.5 Å². The molecule has 4 aromatic rings. The first kappa shape index (κ1) is 13.6. The maximum absolute atomic E-state index is 2.31. The summed E-state index contributed by atoms with van der Waals surface area (Å²) in [6.07, 6.45) is 4.50. The predicted molar refractivity (Wildman–Crippen MR) is 98.6 cm³/mol. The molecule has 0 fully saturated rings. The Morgan fingerprint density at radius 3 is 2.59 bits per heavy atom. The van der Waals surface area contributed by atoms with Crippen molar-refractivity contribution in [2.75, 3.05) is 0 Å². The number of hydrogen-bond acceptors (Lipinski definition) is 2. The van der Waals surface area contributed by atoms with Crippen LogP contribution in [0.2, 0.25) is 0 Å². The monoisotopic (exact) mass is 321 g/mol. The smallest absolute Gasteiger partial charge is 0.0542 e. The zero-order chi connectivity index (χ0) is 14.9. The average molecular weight is 321 g/mol. The van der Waals surface area contributed by atoms with Crippen molar-refractivity contribution in [3.63, 3.8) is 0 Å². The quantitative estimate of drug-likeness (QED) is 0.428. The van der Waals surface area contributed by atoms with Gasteiger partial charge in [-0.25, -0.2) is 0 Å². The fourth-order valence-corrected chi connectivity index (χ4v) is 4.03. The van der Waals surface area contributed by atoms with Crippen LogP contribution >= 0.6 is 22.7 Å². The van der Waals surface area contributed by atoms with Crippen LogP contribution in [0.25, 0.3) is 22.7 Å². The van der Waals surface area contributed by atoms with Crippen molar-refractivity contribution >= 4 is 45.3 Å². The van der Waals surface area contributed by atoms with Crippen molar-refractivity contribution in [2.24, 2.45) is 0 Å². The number of aryl methyl sites for hydroxylation is 1. The minimum Gasteiger partial charge on any atom is -0.316 e. The number of para-hydroxylation sites is 1. The van der Waals surface area contributed by atoms with E-state index in [1.807, 2.05) is 0 Å². The molecule has 0 aliphatic heterocycles. The standard InChI is InChI=1S/C19H15NS2/c1-14-11-20(18-5-3-2-4-17(14)18)19(16-7-9-22-13-16)10-15-6-8-21-12-15/h2-13H,1H3/b19-10-. The molecule has 3 heteroatoms. The maximum atomic E-state index is 2.31.